The minimum Gasteiger partial charge on any atom is -0.493 e. The molecule has 198 valence electrons. The lowest BCUT2D eigenvalue weighted by Gasteiger charge is -2.32. The Morgan fingerprint density at radius 1 is 1.03 bits per heavy atom. The molecule has 4 rings (SSSR count). The van der Waals surface area contributed by atoms with E-state index < -0.39 is 11.9 Å². The van der Waals surface area contributed by atoms with Crippen LogP contribution in [0.4, 0.5) is 0 Å². The zero-order valence-electron chi connectivity index (χ0n) is 22.2. The zero-order valence-corrected chi connectivity index (χ0v) is 22.2. The highest BCUT2D eigenvalue weighted by Crippen LogP contribution is 2.45. The number of fused-ring (bicyclic) bond motifs is 1. The molecule has 1 aliphatic rings. The van der Waals surface area contributed by atoms with Crippen LogP contribution in [0, 0.1) is 0 Å². The van der Waals surface area contributed by atoms with Gasteiger partial charge in [0, 0.05) is 29.2 Å². The van der Waals surface area contributed by atoms with Gasteiger partial charge in [-0.05, 0) is 49.9 Å². The summed E-state index contributed by atoms with van der Waals surface area (Å²) in [6.07, 6.45) is 2.23. The van der Waals surface area contributed by atoms with Crippen LogP contribution in [-0.2, 0) is 22.4 Å². The lowest BCUT2D eigenvalue weighted by atomic mass is 9.86. The summed E-state index contributed by atoms with van der Waals surface area (Å²) in [6.45, 7) is 4.18. The summed E-state index contributed by atoms with van der Waals surface area (Å²) in [4.78, 5) is 25.6. The van der Waals surface area contributed by atoms with Gasteiger partial charge in [0.1, 0.15) is 11.4 Å². The molecular weight excluding hydrogens is 476 g/mol. The molecule has 1 atom stereocenters. The average molecular weight is 511 g/mol. The summed E-state index contributed by atoms with van der Waals surface area (Å²) in [6, 6.07) is 9.61. The van der Waals surface area contributed by atoms with Crippen molar-refractivity contribution in [2.45, 2.75) is 51.0 Å². The first-order chi connectivity index (χ1) is 17.7. The second-order valence-electron chi connectivity index (χ2n) is 9.71. The molecule has 37 heavy (non-hydrogen) atoms. The van der Waals surface area contributed by atoms with Crippen molar-refractivity contribution in [2.75, 3.05) is 28.4 Å². The molecule has 1 aliphatic heterocycles. The summed E-state index contributed by atoms with van der Waals surface area (Å²) < 4.78 is 27.7. The maximum Gasteiger partial charge on any atom is 0.306 e. The zero-order chi connectivity index (χ0) is 26.7. The third-order valence-electron chi connectivity index (χ3n) is 6.84. The molecule has 2 aromatic carbocycles. The van der Waals surface area contributed by atoms with E-state index in [2.05, 4.69) is 30.1 Å². The number of H-pyrrole nitrogens is 2. The lowest BCUT2D eigenvalue weighted by Crippen LogP contribution is -2.32. The Morgan fingerprint density at radius 3 is 2.46 bits per heavy atom. The largest absolute Gasteiger partial charge is 0.493 e. The number of aromatic nitrogens is 2. The summed E-state index contributed by atoms with van der Waals surface area (Å²) in [5.74, 6) is 1.01. The Bertz CT molecular complexity index is 1340. The van der Waals surface area contributed by atoms with Crippen LogP contribution in [0.2, 0.25) is 0 Å². The molecular formula is C28H34N2O7. The number of rotatable bonds is 9. The van der Waals surface area contributed by atoms with Gasteiger partial charge in [-0.3, -0.25) is 14.7 Å². The molecule has 0 radical (unpaired) electrons. The van der Waals surface area contributed by atoms with Crippen LogP contribution in [0.15, 0.2) is 35.1 Å². The molecule has 0 saturated heterocycles. The van der Waals surface area contributed by atoms with Gasteiger partial charge in [-0.1, -0.05) is 18.2 Å². The van der Waals surface area contributed by atoms with E-state index >= 15 is 0 Å². The number of benzene rings is 2. The van der Waals surface area contributed by atoms with Crippen molar-refractivity contribution in [1.29, 1.82) is 0 Å². The topological polar surface area (TPSA) is 112 Å². The van der Waals surface area contributed by atoms with Gasteiger partial charge >= 0.3 is 5.97 Å². The highest BCUT2D eigenvalue weighted by atomic mass is 16.5. The normalized spacial score (nSPS) is 14.8. The Balaban J connectivity index is 1.78. The number of carbonyl (C=O) groups excluding carboxylic acids is 1. The Labute approximate surface area is 216 Å². The minimum absolute atomic E-state index is 0.0661. The van der Waals surface area contributed by atoms with E-state index in [9.17, 15) is 9.59 Å². The predicted octanol–water partition coefficient (Wildman–Crippen LogP) is 4.12. The highest BCUT2D eigenvalue weighted by Gasteiger charge is 2.31. The van der Waals surface area contributed by atoms with Crippen molar-refractivity contribution >= 4 is 5.97 Å². The van der Waals surface area contributed by atoms with E-state index in [-0.39, 0.29) is 17.6 Å². The molecule has 0 unspecified atom stereocenters. The van der Waals surface area contributed by atoms with Gasteiger partial charge in [0.05, 0.1) is 34.9 Å². The summed E-state index contributed by atoms with van der Waals surface area (Å²) in [5.41, 5.74) is 3.38. The van der Waals surface area contributed by atoms with Crippen LogP contribution in [-0.4, -0.2) is 50.2 Å². The van der Waals surface area contributed by atoms with Crippen molar-refractivity contribution in [3.63, 3.8) is 0 Å². The van der Waals surface area contributed by atoms with E-state index in [0.717, 1.165) is 29.7 Å². The highest BCUT2D eigenvalue weighted by molar-refractivity contribution is 5.72. The molecule has 2 heterocycles. The molecule has 0 aliphatic carbocycles. The van der Waals surface area contributed by atoms with Gasteiger partial charge in [-0.15, -0.1) is 0 Å². The van der Waals surface area contributed by atoms with Crippen molar-refractivity contribution in [3.05, 3.63) is 68.6 Å². The molecule has 9 nitrogen and oxygen atoms in total. The van der Waals surface area contributed by atoms with Crippen LogP contribution in [0.5, 0.6) is 23.0 Å². The number of hydrogen-bond acceptors (Lipinski definition) is 7. The average Bonchev–Trinajstić information content (AvgIpc) is 3.25. The van der Waals surface area contributed by atoms with Crippen molar-refractivity contribution in [3.8, 4) is 23.0 Å². The number of methoxy groups -OCH3 is 4. The third kappa shape index (κ3) is 5.30. The van der Waals surface area contributed by atoms with Crippen LogP contribution in [0.1, 0.15) is 60.6 Å². The molecule has 0 bridgehead atoms. The fraction of sp³-hybridized carbons (Fsp3) is 0.429. The Hall–Kier alpha value is -3.88. The van der Waals surface area contributed by atoms with Gasteiger partial charge < -0.3 is 28.8 Å². The van der Waals surface area contributed by atoms with E-state index in [1.54, 1.807) is 12.1 Å². The van der Waals surface area contributed by atoms with Crippen molar-refractivity contribution < 1.29 is 28.5 Å². The molecule has 0 fully saturated rings. The van der Waals surface area contributed by atoms with E-state index in [1.165, 1.54) is 28.4 Å². The van der Waals surface area contributed by atoms with Gasteiger partial charge in [-0.25, -0.2) is 0 Å². The fourth-order valence-electron chi connectivity index (χ4n) is 4.95. The second kappa shape index (κ2) is 10.6. The van der Waals surface area contributed by atoms with Crippen molar-refractivity contribution in [2.24, 2.45) is 0 Å². The number of esters is 1. The standard InChI is InChI=1S/C28H34N2O7/c1-28(2)12-11-17-13-16(7-9-21(17)37-28)14-20-24(27(32)30-29-20)19(15-23(31)34-4)18-8-10-22(33-3)26(36-6)25(18)35-5/h7-10,13,19H,11-12,14-15H2,1-6H3,(H2,29,30,32)/t19-/m0/s1. The maximum absolute atomic E-state index is 13.1. The van der Waals surface area contributed by atoms with Crippen LogP contribution >= 0.6 is 0 Å². The Morgan fingerprint density at radius 2 is 1.78 bits per heavy atom. The first-order valence-electron chi connectivity index (χ1n) is 12.2. The van der Waals surface area contributed by atoms with Gasteiger partial charge in [0.2, 0.25) is 5.75 Å². The molecule has 0 amide bonds. The molecule has 9 heteroatoms. The molecule has 0 saturated carbocycles. The van der Waals surface area contributed by atoms with E-state index in [4.69, 9.17) is 23.7 Å². The van der Waals surface area contributed by atoms with E-state index in [0.29, 0.717) is 40.5 Å². The smallest absolute Gasteiger partial charge is 0.306 e. The number of aryl methyl sites for hydroxylation is 1. The van der Waals surface area contributed by atoms with Gasteiger partial charge in [-0.2, -0.15) is 0 Å². The first-order valence-corrected chi connectivity index (χ1v) is 12.2. The molecule has 3 aromatic rings. The summed E-state index contributed by atoms with van der Waals surface area (Å²) in [5, 5.41) is 5.73. The number of nitrogens with one attached hydrogen (secondary N) is 2. The lowest BCUT2D eigenvalue weighted by molar-refractivity contribution is -0.140. The quantitative estimate of drug-likeness (QED) is 0.417. The number of hydrogen-bond donors (Lipinski definition) is 2. The molecule has 1 aromatic heterocycles. The molecule has 2 N–H and O–H groups in total. The maximum atomic E-state index is 13.1. The summed E-state index contributed by atoms with van der Waals surface area (Å²) in [7, 11) is 5.87. The number of carbonyl (C=O) groups is 1. The Kier molecular flexibility index (Phi) is 7.52. The van der Waals surface area contributed by atoms with E-state index in [1.807, 2.05) is 12.1 Å². The van der Waals surface area contributed by atoms with Crippen LogP contribution < -0.4 is 24.5 Å². The van der Waals surface area contributed by atoms with Crippen molar-refractivity contribution in [1.82, 2.24) is 10.2 Å². The predicted molar refractivity (Wildman–Crippen MR) is 138 cm³/mol. The van der Waals surface area contributed by atoms with Gasteiger partial charge in [0.25, 0.3) is 5.56 Å². The third-order valence-corrected chi connectivity index (χ3v) is 6.84. The molecule has 0 spiro atoms. The fourth-order valence-corrected chi connectivity index (χ4v) is 4.95. The number of ether oxygens (including phenoxy) is 5. The number of aromatic amines is 2. The minimum atomic E-state index is -0.658. The van der Waals surface area contributed by atoms with Crippen LogP contribution in [0.3, 0.4) is 0 Å². The monoisotopic (exact) mass is 510 g/mol. The van der Waals surface area contributed by atoms with Gasteiger partial charge in [0.15, 0.2) is 11.5 Å². The summed E-state index contributed by atoms with van der Waals surface area (Å²) >= 11 is 0. The SMILES string of the molecule is COC(=O)C[C@@H](c1ccc(OC)c(OC)c1OC)c1c(Cc2ccc3c(c2)CCC(C)(C)O3)[nH][nH]c1=O. The second-order valence-corrected chi connectivity index (χ2v) is 9.71. The first kappa shape index (κ1) is 26.2. The van der Waals surface area contributed by atoms with Crippen LogP contribution in [0.25, 0.3) is 0 Å².